The van der Waals surface area contributed by atoms with Crippen LogP contribution in [-0.2, 0) is 10.0 Å². The minimum atomic E-state index is -3.82. The van der Waals surface area contributed by atoms with Crippen LogP contribution in [-0.4, -0.2) is 45.8 Å². The molecule has 0 bridgehead atoms. The molecule has 0 aliphatic carbocycles. The Hall–Kier alpha value is -4.27. The molecular formula is C24H20FN7O4S2. The van der Waals surface area contributed by atoms with Crippen LogP contribution in [0, 0.1) is 15.9 Å². The summed E-state index contributed by atoms with van der Waals surface area (Å²) in [4.78, 5) is 24.9. The molecule has 0 amide bonds. The number of imidazole rings is 1. The minimum absolute atomic E-state index is 0.0390. The van der Waals surface area contributed by atoms with E-state index in [0.717, 1.165) is 6.07 Å². The first-order valence-corrected chi connectivity index (χ1v) is 13.7. The predicted molar refractivity (Wildman–Crippen MR) is 141 cm³/mol. The molecule has 194 valence electrons. The standard InChI is InChI=1S/C24H20FN7O4S2/c25-17-5-2-7-19(15-17)38(35,36)28-10-3-9-26-23-27-11-8-20(29-23)22-21(30-24-31(22)12-13-37-24)16-4-1-6-18(14-16)32(33)34/h1-2,4-8,11-15,28H,3,9-10H2,(H,26,27,29). The lowest BCUT2D eigenvalue weighted by Gasteiger charge is -2.09. The van der Waals surface area contributed by atoms with Gasteiger partial charge in [-0.2, -0.15) is 0 Å². The van der Waals surface area contributed by atoms with Gasteiger partial charge in [0.2, 0.25) is 16.0 Å². The van der Waals surface area contributed by atoms with Gasteiger partial charge in [0.25, 0.3) is 5.69 Å². The van der Waals surface area contributed by atoms with Crippen molar-refractivity contribution in [2.24, 2.45) is 0 Å². The number of sulfonamides is 1. The third-order valence-corrected chi connectivity index (χ3v) is 7.74. The largest absolute Gasteiger partial charge is 0.354 e. The summed E-state index contributed by atoms with van der Waals surface area (Å²) in [6.07, 6.45) is 3.85. The molecular weight excluding hydrogens is 533 g/mol. The van der Waals surface area contributed by atoms with Gasteiger partial charge in [-0.15, -0.1) is 11.3 Å². The number of anilines is 1. The summed E-state index contributed by atoms with van der Waals surface area (Å²) in [5.41, 5.74) is 2.32. The average molecular weight is 554 g/mol. The monoisotopic (exact) mass is 553 g/mol. The molecule has 0 unspecified atom stereocenters. The summed E-state index contributed by atoms with van der Waals surface area (Å²) < 4.78 is 42.3. The zero-order chi connectivity index (χ0) is 26.7. The number of rotatable bonds is 10. The molecule has 0 fully saturated rings. The number of aromatic nitrogens is 4. The van der Waals surface area contributed by atoms with Gasteiger partial charge in [-0.3, -0.25) is 14.5 Å². The minimum Gasteiger partial charge on any atom is -0.354 e. The third-order valence-electron chi connectivity index (χ3n) is 5.53. The first-order valence-electron chi connectivity index (χ1n) is 11.3. The second-order valence-electron chi connectivity index (χ2n) is 8.07. The van der Waals surface area contributed by atoms with E-state index in [1.54, 1.807) is 24.4 Å². The summed E-state index contributed by atoms with van der Waals surface area (Å²) >= 11 is 1.43. The van der Waals surface area contributed by atoms with Crippen molar-refractivity contribution >= 4 is 38.0 Å². The average Bonchev–Trinajstić information content (AvgIpc) is 3.50. The topological polar surface area (TPSA) is 144 Å². The Bertz CT molecular complexity index is 1740. The Morgan fingerprint density at radius 1 is 1.08 bits per heavy atom. The van der Waals surface area contributed by atoms with Crippen LogP contribution in [0.5, 0.6) is 0 Å². The molecule has 5 aromatic rings. The highest BCUT2D eigenvalue weighted by Gasteiger charge is 2.20. The van der Waals surface area contributed by atoms with Crippen molar-refractivity contribution in [1.29, 1.82) is 0 Å². The van der Waals surface area contributed by atoms with Crippen LogP contribution in [0.3, 0.4) is 0 Å². The van der Waals surface area contributed by atoms with Crippen molar-refractivity contribution in [2.75, 3.05) is 18.4 Å². The van der Waals surface area contributed by atoms with Crippen molar-refractivity contribution in [1.82, 2.24) is 24.1 Å². The molecule has 0 atom stereocenters. The number of nitro benzene ring substituents is 1. The highest BCUT2D eigenvalue weighted by atomic mass is 32.2. The second kappa shape index (κ2) is 10.6. The van der Waals surface area contributed by atoms with E-state index in [9.17, 15) is 22.9 Å². The predicted octanol–water partition coefficient (Wildman–Crippen LogP) is 4.35. The Balaban J connectivity index is 1.31. The van der Waals surface area contributed by atoms with Crippen LogP contribution in [0.15, 0.2) is 77.3 Å². The maximum Gasteiger partial charge on any atom is 0.270 e. The summed E-state index contributed by atoms with van der Waals surface area (Å²) in [5, 5.41) is 16.3. The lowest BCUT2D eigenvalue weighted by molar-refractivity contribution is -0.384. The molecule has 0 aliphatic heterocycles. The molecule has 0 saturated carbocycles. The van der Waals surface area contributed by atoms with Gasteiger partial charge in [0.05, 0.1) is 15.5 Å². The molecule has 3 aromatic heterocycles. The highest BCUT2D eigenvalue weighted by Crippen LogP contribution is 2.34. The van der Waals surface area contributed by atoms with Crippen LogP contribution < -0.4 is 10.0 Å². The van der Waals surface area contributed by atoms with Gasteiger partial charge in [-0.05, 0) is 30.7 Å². The number of benzene rings is 2. The Kier molecular flexibility index (Phi) is 7.09. The third kappa shape index (κ3) is 5.37. The first kappa shape index (κ1) is 25.4. The number of thiazole rings is 1. The molecule has 5 rings (SSSR count). The normalized spacial score (nSPS) is 11.6. The number of nitrogens with zero attached hydrogens (tertiary/aromatic N) is 5. The van der Waals surface area contributed by atoms with Crippen molar-refractivity contribution in [2.45, 2.75) is 11.3 Å². The van der Waals surface area contributed by atoms with Crippen LogP contribution in [0.2, 0.25) is 0 Å². The van der Waals surface area contributed by atoms with E-state index in [2.05, 4.69) is 25.0 Å². The van der Waals surface area contributed by atoms with Crippen molar-refractivity contribution < 1.29 is 17.7 Å². The molecule has 38 heavy (non-hydrogen) atoms. The number of nitrogens with one attached hydrogen (secondary N) is 2. The molecule has 2 N–H and O–H groups in total. The first-order chi connectivity index (χ1) is 18.3. The van der Waals surface area contributed by atoms with Crippen molar-refractivity contribution in [3.8, 4) is 22.6 Å². The van der Waals surface area contributed by atoms with E-state index < -0.39 is 20.8 Å². The van der Waals surface area contributed by atoms with E-state index in [-0.39, 0.29) is 17.1 Å². The van der Waals surface area contributed by atoms with E-state index in [0.29, 0.717) is 46.5 Å². The van der Waals surface area contributed by atoms with Crippen molar-refractivity contribution in [3.05, 3.63) is 88.3 Å². The Morgan fingerprint density at radius 2 is 1.92 bits per heavy atom. The van der Waals surface area contributed by atoms with Gasteiger partial charge in [-0.25, -0.2) is 32.5 Å². The second-order valence-corrected chi connectivity index (χ2v) is 10.7. The van der Waals surface area contributed by atoms with Gasteiger partial charge in [-0.1, -0.05) is 18.2 Å². The van der Waals surface area contributed by atoms with Crippen LogP contribution in [0.25, 0.3) is 27.6 Å². The molecule has 14 heteroatoms. The summed E-state index contributed by atoms with van der Waals surface area (Å²) in [6.45, 7) is 0.494. The molecule has 11 nitrogen and oxygen atoms in total. The maximum atomic E-state index is 13.4. The summed E-state index contributed by atoms with van der Waals surface area (Å²) in [5.74, 6) is -0.302. The Labute approximate surface area is 220 Å². The number of nitro groups is 1. The SMILES string of the molecule is O=[N+]([O-])c1cccc(-c2nc3sccn3c2-c2ccnc(NCCCNS(=O)(=O)c3cccc(F)c3)n2)c1. The van der Waals surface area contributed by atoms with Crippen LogP contribution in [0.4, 0.5) is 16.0 Å². The highest BCUT2D eigenvalue weighted by molar-refractivity contribution is 7.89. The fraction of sp³-hybridized carbons (Fsp3) is 0.125. The van der Waals surface area contributed by atoms with Gasteiger partial charge in [0.1, 0.15) is 17.2 Å². The van der Waals surface area contributed by atoms with Gasteiger partial charge in [0, 0.05) is 48.6 Å². The quantitative estimate of drug-likeness (QED) is 0.148. The smallest absolute Gasteiger partial charge is 0.270 e. The summed E-state index contributed by atoms with van der Waals surface area (Å²) in [7, 11) is -3.82. The van der Waals surface area contributed by atoms with Crippen LogP contribution in [0.1, 0.15) is 6.42 Å². The lowest BCUT2D eigenvalue weighted by atomic mass is 10.1. The van der Waals surface area contributed by atoms with Gasteiger partial charge in [0.15, 0.2) is 4.96 Å². The van der Waals surface area contributed by atoms with E-state index in [4.69, 9.17) is 0 Å². The zero-order valence-corrected chi connectivity index (χ0v) is 21.2. The molecule has 0 aliphatic rings. The molecule has 3 heterocycles. The number of hydrogen-bond acceptors (Lipinski definition) is 9. The maximum absolute atomic E-state index is 13.4. The van der Waals surface area contributed by atoms with Crippen molar-refractivity contribution in [3.63, 3.8) is 0 Å². The number of non-ortho nitro benzene ring substituents is 1. The number of fused-ring (bicyclic) bond motifs is 1. The van der Waals surface area contributed by atoms with E-state index in [1.807, 2.05) is 16.0 Å². The number of hydrogen-bond donors (Lipinski definition) is 2. The van der Waals surface area contributed by atoms with Gasteiger partial charge >= 0.3 is 0 Å². The van der Waals surface area contributed by atoms with E-state index in [1.165, 1.54) is 41.7 Å². The van der Waals surface area contributed by atoms with Crippen LogP contribution >= 0.6 is 11.3 Å². The Morgan fingerprint density at radius 3 is 2.74 bits per heavy atom. The van der Waals surface area contributed by atoms with Gasteiger partial charge < -0.3 is 5.32 Å². The zero-order valence-electron chi connectivity index (χ0n) is 19.6. The fourth-order valence-electron chi connectivity index (χ4n) is 3.79. The number of halogens is 1. The summed E-state index contributed by atoms with van der Waals surface area (Å²) in [6, 6.07) is 12.8. The molecule has 0 radical (unpaired) electrons. The van der Waals surface area contributed by atoms with E-state index >= 15 is 0 Å². The molecule has 2 aromatic carbocycles. The molecule has 0 saturated heterocycles. The lowest BCUT2D eigenvalue weighted by Crippen LogP contribution is -2.26. The fourth-order valence-corrected chi connectivity index (χ4v) is 5.61. The molecule has 0 spiro atoms.